The van der Waals surface area contributed by atoms with Crippen LogP contribution in [0.25, 0.3) is 0 Å². The molecule has 0 aliphatic carbocycles. The Morgan fingerprint density at radius 1 is 1.10 bits per heavy atom. The van der Waals surface area contributed by atoms with Gasteiger partial charge >= 0.3 is 0 Å². The highest BCUT2D eigenvalue weighted by molar-refractivity contribution is 5.91. The van der Waals surface area contributed by atoms with Crippen molar-refractivity contribution >= 4 is 5.91 Å². The van der Waals surface area contributed by atoms with Crippen molar-refractivity contribution in [3.05, 3.63) is 57.4 Å². The Kier molecular flexibility index (Phi) is 4.80. The van der Waals surface area contributed by atoms with Crippen LogP contribution in [0.3, 0.4) is 0 Å². The van der Waals surface area contributed by atoms with E-state index < -0.39 is 0 Å². The third-order valence-corrected chi connectivity index (χ3v) is 6.59. The molecule has 0 saturated carbocycles. The van der Waals surface area contributed by atoms with Gasteiger partial charge in [-0.2, -0.15) is 0 Å². The molecule has 7 nitrogen and oxygen atoms in total. The van der Waals surface area contributed by atoms with E-state index in [-0.39, 0.29) is 35.7 Å². The maximum Gasteiger partial charge on any atom is 0.289 e. The van der Waals surface area contributed by atoms with Crippen LogP contribution in [0.2, 0.25) is 0 Å². The molecule has 5 rings (SSSR count). The summed E-state index contributed by atoms with van der Waals surface area (Å²) in [4.78, 5) is 30.2. The highest BCUT2D eigenvalue weighted by atomic mass is 16.4. The molecule has 1 N–H and O–H groups in total. The van der Waals surface area contributed by atoms with Gasteiger partial charge in [0.1, 0.15) is 12.4 Å². The van der Waals surface area contributed by atoms with Gasteiger partial charge in [0.15, 0.2) is 5.76 Å². The number of rotatable bonds is 4. The lowest BCUT2D eigenvalue weighted by atomic mass is 9.83. The van der Waals surface area contributed by atoms with Gasteiger partial charge in [-0.15, -0.1) is 0 Å². The second kappa shape index (κ2) is 7.46. The number of aromatic nitrogens is 1. The number of pyridine rings is 1. The fourth-order valence-corrected chi connectivity index (χ4v) is 5.19. The summed E-state index contributed by atoms with van der Waals surface area (Å²) >= 11 is 0. The van der Waals surface area contributed by atoms with E-state index in [0.29, 0.717) is 25.4 Å². The molecule has 2 atom stereocenters. The Bertz CT molecular complexity index is 973. The molecule has 3 aliphatic heterocycles. The van der Waals surface area contributed by atoms with Gasteiger partial charge < -0.3 is 19.0 Å². The van der Waals surface area contributed by atoms with E-state index in [1.54, 1.807) is 12.1 Å². The van der Waals surface area contributed by atoms with Gasteiger partial charge in [-0.05, 0) is 56.5 Å². The summed E-state index contributed by atoms with van der Waals surface area (Å²) < 4.78 is 7.40. The molecule has 29 heavy (non-hydrogen) atoms. The minimum atomic E-state index is -0.214. The lowest BCUT2D eigenvalue weighted by Crippen LogP contribution is -2.49. The standard InChI is InChI=1S/C22H27N3O4/c26-14-18-4-6-20(29-18)22(28)24-10-15-9-17(13-24)19-5-3-16(21(27)25(19)11-15)12-23-7-1-2-8-23/h3-6,15,17,26H,1-2,7-14H2/t15-,17+/m0/s1. The van der Waals surface area contributed by atoms with Gasteiger partial charge in [-0.1, -0.05) is 6.07 Å². The van der Waals surface area contributed by atoms with Gasteiger partial charge in [-0.3, -0.25) is 14.5 Å². The van der Waals surface area contributed by atoms with Crippen LogP contribution in [-0.4, -0.2) is 51.6 Å². The summed E-state index contributed by atoms with van der Waals surface area (Å²) in [5.41, 5.74) is 2.07. The molecule has 0 radical (unpaired) electrons. The normalized spacial score (nSPS) is 24.0. The minimum Gasteiger partial charge on any atom is -0.453 e. The van der Waals surface area contributed by atoms with Crippen molar-refractivity contribution < 1.29 is 14.3 Å². The van der Waals surface area contributed by atoms with Gasteiger partial charge in [-0.25, -0.2) is 0 Å². The smallest absolute Gasteiger partial charge is 0.289 e. The zero-order valence-electron chi connectivity index (χ0n) is 16.5. The number of carbonyl (C=O) groups excluding carboxylic acids is 1. The fraction of sp³-hybridized carbons (Fsp3) is 0.545. The van der Waals surface area contributed by atoms with E-state index in [2.05, 4.69) is 11.0 Å². The minimum absolute atomic E-state index is 0.138. The first kappa shape index (κ1) is 18.6. The molecule has 3 aliphatic rings. The van der Waals surface area contributed by atoms with Crippen molar-refractivity contribution in [3.8, 4) is 0 Å². The summed E-state index contributed by atoms with van der Waals surface area (Å²) in [6.45, 7) is 4.58. The number of amides is 1. The largest absolute Gasteiger partial charge is 0.453 e. The van der Waals surface area contributed by atoms with Crippen molar-refractivity contribution in [3.63, 3.8) is 0 Å². The molecule has 5 heterocycles. The third kappa shape index (κ3) is 3.42. The molecule has 2 aromatic rings. The number of aliphatic hydroxyl groups excluding tert-OH is 1. The molecule has 1 amide bonds. The Labute approximate surface area is 169 Å². The number of carbonyl (C=O) groups is 1. The molecular weight excluding hydrogens is 370 g/mol. The Balaban J connectivity index is 1.37. The lowest BCUT2D eigenvalue weighted by molar-refractivity contribution is 0.0559. The van der Waals surface area contributed by atoms with Crippen LogP contribution < -0.4 is 5.56 Å². The zero-order valence-corrected chi connectivity index (χ0v) is 16.5. The van der Waals surface area contributed by atoms with Crippen molar-refractivity contribution in [2.24, 2.45) is 5.92 Å². The molecule has 7 heteroatoms. The number of hydrogen-bond donors (Lipinski definition) is 1. The number of aliphatic hydroxyl groups is 1. The Morgan fingerprint density at radius 3 is 2.69 bits per heavy atom. The van der Waals surface area contributed by atoms with Gasteiger partial charge in [0.05, 0.1) is 0 Å². The van der Waals surface area contributed by atoms with Crippen LogP contribution in [0.4, 0.5) is 0 Å². The third-order valence-electron chi connectivity index (χ3n) is 6.59. The zero-order chi connectivity index (χ0) is 20.0. The summed E-state index contributed by atoms with van der Waals surface area (Å²) in [7, 11) is 0. The molecule has 0 aromatic carbocycles. The predicted molar refractivity (Wildman–Crippen MR) is 107 cm³/mol. The van der Waals surface area contributed by atoms with Crippen molar-refractivity contribution in [1.82, 2.24) is 14.4 Å². The highest BCUT2D eigenvalue weighted by Gasteiger charge is 2.37. The van der Waals surface area contributed by atoms with E-state index in [1.807, 2.05) is 15.5 Å². The molecule has 2 bridgehead atoms. The number of nitrogens with zero attached hydrogens (tertiary/aromatic N) is 3. The van der Waals surface area contributed by atoms with Crippen molar-refractivity contribution in [1.29, 1.82) is 0 Å². The molecular formula is C22H27N3O4. The first-order chi connectivity index (χ1) is 14.1. The molecule has 154 valence electrons. The van der Waals surface area contributed by atoms with Crippen LogP contribution in [0.5, 0.6) is 0 Å². The van der Waals surface area contributed by atoms with Crippen LogP contribution in [0.1, 0.15) is 52.8 Å². The monoisotopic (exact) mass is 397 g/mol. The first-order valence-electron chi connectivity index (χ1n) is 10.6. The van der Waals surface area contributed by atoms with Crippen LogP contribution in [0, 0.1) is 5.92 Å². The first-order valence-corrected chi connectivity index (χ1v) is 10.6. The van der Waals surface area contributed by atoms with Crippen LogP contribution >= 0.6 is 0 Å². The topological polar surface area (TPSA) is 78.9 Å². The molecule has 2 saturated heterocycles. The summed E-state index contributed by atoms with van der Waals surface area (Å²) in [5, 5.41) is 9.17. The van der Waals surface area contributed by atoms with Crippen LogP contribution in [-0.2, 0) is 19.7 Å². The average Bonchev–Trinajstić information content (AvgIpc) is 3.41. The molecule has 0 unspecified atom stereocenters. The quantitative estimate of drug-likeness (QED) is 0.851. The summed E-state index contributed by atoms with van der Waals surface area (Å²) in [6.07, 6.45) is 3.44. The van der Waals surface area contributed by atoms with Crippen molar-refractivity contribution in [2.75, 3.05) is 26.2 Å². The summed E-state index contributed by atoms with van der Waals surface area (Å²) in [6, 6.07) is 7.35. The highest BCUT2D eigenvalue weighted by Crippen LogP contribution is 2.36. The number of piperidine rings is 1. The average molecular weight is 397 g/mol. The maximum absolute atomic E-state index is 13.1. The Hall–Kier alpha value is -2.38. The SMILES string of the molecule is O=C(c1ccc(CO)o1)N1C[C@@H]2C[C@H](C1)c1ccc(CN3CCCC3)c(=O)n1C2. The van der Waals surface area contributed by atoms with E-state index in [9.17, 15) is 9.59 Å². The van der Waals surface area contributed by atoms with E-state index in [0.717, 1.165) is 37.3 Å². The van der Waals surface area contributed by atoms with Gasteiger partial charge in [0.2, 0.25) is 0 Å². The van der Waals surface area contributed by atoms with Crippen molar-refractivity contribution in [2.45, 2.75) is 44.9 Å². The number of hydrogen-bond acceptors (Lipinski definition) is 5. The van der Waals surface area contributed by atoms with Gasteiger partial charge in [0, 0.05) is 43.4 Å². The van der Waals surface area contributed by atoms with Gasteiger partial charge in [0.25, 0.3) is 11.5 Å². The van der Waals surface area contributed by atoms with E-state index >= 15 is 0 Å². The number of fused-ring (bicyclic) bond motifs is 4. The van der Waals surface area contributed by atoms with E-state index in [1.165, 1.54) is 12.8 Å². The second-order valence-electron chi connectivity index (χ2n) is 8.62. The number of likely N-dealkylation sites (tertiary alicyclic amines) is 2. The summed E-state index contributed by atoms with van der Waals surface area (Å²) in [5.74, 6) is 0.977. The molecule has 0 spiro atoms. The Morgan fingerprint density at radius 2 is 1.93 bits per heavy atom. The maximum atomic E-state index is 13.1. The van der Waals surface area contributed by atoms with E-state index in [4.69, 9.17) is 9.52 Å². The fourth-order valence-electron chi connectivity index (χ4n) is 5.19. The number of furan rings is 1. The second-order valence-corrected chi connectivity index (χ2v) is 8.62. The predicted octanol–water partition coefficient (Wildman–Crippen LogP) is 1.79. The lowest BCUT2D eigenvalue weighted by Gasteiger charge is -2.42. The van der Waals surface area contributed by atoms with Crippen LogP contribution in [0.15, 0.2) is 33.5 Å². The molecule has 2 fully saturated rings. The molecule has 2 aromatic heterocycles.